The van der Waals surface area contributed by atoms with Crippen molar-refractivity contribution in [3.05, 3.63) is 42.0 Å². The van der Waals surface area contributed by atoms with Crippen LogP contribution >= 0.6 is 0 Å². The molecule has 128 valence electrons. The van der Waals surface area contributed by atoms with Gasteiger partial charge in [-0.05, 0) is 40.8 Å². The van der Waals surface area contributed by atoms with E-state index in [0.717, 1.165) is 22.1 Å². The van der Waals surface area contributed by atoms with Gasteiger partial charge in [0, 0.05) is 0 Å². The molecular formula is C19H23NO4. The molecule has 0 heterocycles. The average Bonchev–Trinajstić information content (AvgIpc) is 2.53. The molecule has 24 heavy (non-hydrogen) atoms. The van der Waals surface area contributed by atoms with Crippen LogP contribution in [0.1, 0.15) is 25.8 Å². The number of carboxylic acids is 1. The molecule has 2 aromatic rings. The third kappa shape index (κ3) is 4.47. The van der Waals surface area contributed by atoms with Crippen molar-refractivity contribution in [1.82, 2.24) is 5.32 Å². The van der Waals surface area contributed by atoms with Gasteiger partial charge in [0.05, 0.1) is 13.5 Å². The number of ether oxygens (including phenoxy) is 1. The summed E-state index contributed by atoms with van der Waals surface area (Å²) in [6.45, 7) is 3.86. The first-order valence-electron chi connectivity index (χ1n) is 7.98. The molecule has 2 aromatic carbocycles. The van der Waals surface area contributed by atoms with Crippen LogP contribution in [0.25, 0.3) is 10.8 Å². The average molecular weight is 329 g/mol. The molecule has 0 aliphatic rings. The maximum atomic E-state index is 12.3. The van der Waals surface area contributed by atoms with Crippen LogP contribution in [0.3, 0.4) is 0 Å². The van der Waals surface area contributed by atoms with Crippen molar-refractivity contribution in [3.63, 3.8) is 0 Å². The van der Waals surface area contributed by atoms with Gasteiger partial charge in [0.15, 0.2) is 0 Å². The lowest BCUT2D eigenvalue weighted by atomic mass is 10.0. The molecule has 2 rings (SSSR count). The van der Waals surface area contributed by atoms with Gasteiger partial charge < -0.3 is 15.2 Å². The van der Waals surface area contributed by atoms with Gasteiger partial charge in [-0.1, -0.05) is 38.1 Å². The van der Waals surface area contributed by atoms with Crippen LogP contribution in [0.4, 0.5) is 0 Å². The molecule has 1 amide bonds. The minimum Gasteiger partial charge on any atom is -0.497 e. The zero-order valence-electron chi connectivity index (χ0n) is 14.2. The molecule has 0 aliphatic heterocycles. The third-order valence-corrected chi connectivity index (χ3v) is 3.87. The molecule has 0 fully saturated rings. The van der Waals surface area contributed by atoms with E-state index in [1.807, 2.05) is 50.2 Å². The fourth-order valence-electron chi connectivity index (χ4n) is 2.71. The Labute approximate surface area is 141 Å². The Morgan fingerprint density at radius 2 is 1.96 bits per heavy atom. The maximum absolute atomic E-state index is 12.3. The van der Waals surface area contributed by atoms with Crippen LogP contribution in [-0.4, -0.2) is 30.1 Å². The standard InChI is InChI=1S/C19H23NO4/c1-12(2)9-17(19(22)23)20-18(21)10-14-6-4-5-13-7-8-15(24-3)11-16(13)14/h4-8,11-12,17H,9-10H2,1-3H3,(H,20,21)(H,22,23)/t17-/m0/s1. The fraction of sp³-hybridized carbons (Fsp3) is 0.368. The highest BCUT2D eigenvalue weighted by atomic mass is 16.5. The van der Waals surface area contributed by atoms with Crippen LogP contribution in [0.5, 0.6) is 5.75 Å². The summed E-state index contributed by atoms with van der Waals surface area (Å²) >= 11 is 0. The van der Waals surface area contributed by atoms with E-state index in [-0.39, 0.29) is 18.2 Å². The number of carbonyl (C=O) groups is 2. The smallest absolute Gasteiger partial charge is 0.326 e. The highest BCUT2D eigenvalue weighted by Crippen LogP contribution is 2.24. The van der Waals surface area contributed by atoms with E-state index in [4.69, 9.17) is 4.74 Å². The minimum absolute atomic E-state index is 0.131. The molecule has 0 aliphatic carbocycles. The number of rotatable bonds is 7. The van der Waals surface area contributed by atoms with E-state index in [2.05, 4.69) is 5.32 Å². The lowest BCUT2D eigenvalue weighted by Gasteiger charge is -2.17. The van der Waals surface area contributed by atoms with Gasteiger partial charge >= 0.3 is 5.97 Å². The van der Waals surface area contributed by atoms with Gasteiger partial charge in [-0.3, -0.25) is 4.79 Å². The second-order valence-corrected chi connectivity index (χ2v) is 6.27. The first-order valence-corrected chi connectivity index (χ1v) is 7.98. The van der Waals surface area contributed by atoms with E-state index >= 15 is 0 Å². The zero-order valence-corrected chi connectivity index (χ0v) is 14.2. The highest BCUT2D eigenvalue weighted by Gasteiger charge is 2.21. The van der Waals surface area contributed by atoms with Gasteiger partial charge in [0.25, 0.3) is 0 Å². The molecule has 0 saturated heterocycles. The van der Waals surface area contributed by atoms with Gasteiger partial charge in [-0.2, -0.15) is 0 Å². The molecule has 1 atom stereocenters. The quantitative estimate of drug-likeness (QED) is 0.819. The van der Waals surface area contributed by atoms with Crippen molar-refractivity contribution in [2.45, 2.75) is 32.7 Å². The van der Waals surface area contributed by atoms with Crippen LogP contribution in [-0.2, 0) is 16.0 Å². The van der Waals surface area contributed by atoms with E-state index in [0.29, 0.717) is 6.42 Å². The summed E-state index contributed by atoms with van der Waals surface area (Å²) in [5.41, 5.74) is 0.845. The molecule has 0 unspecified atom stereocenters. The van der Waals surface area contributed by atoms with Crippen molar-refractivity contribution in [1.29, 1.82) is 0 Å². The Balaban J connectivity index is 2.19. The summed E-state index contributed by atoms with van der Waals surface area (Å²) in [6.07, 6.45) is 0.539. The summed E-state index contributed by atoms with van der Waals surface area (Å²) in [7, 11) is 1.60. The summed E-state index contributed by atoms with van der Waals surface area (Å²) in [5, 5.41) is 13.8. The molecule has 2 N–H and O–H groups in total. The molecule has 0 bridgehead atoms. The van der Waals surface area contributed by atoms with E-state index in [1.54, 1.807) is 7.11 Å². The number of benzene rings is 2. The van der Waals surface area contributed by atoms with Crippen molar-refractivity contribution in [2.24, 2.45) is 5.92 Å². The van der Waals surface area contributed by atoms with Crippen molar-refractivity contribution < 1.29 is 19.4 Å². The normalized spacial score (nSPS) is 12.2. The molecule has 0 saturated carbocycles. The summed E-state index contributed by atoms with van der Waals surface area (Å²) in [4.78, 5) is 23.6. The van der Waals surface area contributed by atoms with Crippen molar-refractivity contribution in [3.8, 4) is 5.75 Å². The Morgan fingerprint density at radius 3 is 2.58 bits per heavy atom. The number of carboxylic acid groups (broad SMARTS) is 1. The Bertz CT molecular complexity index is 739. The Morgan fingerprint density at radius 1 is 1.21 bits per heavy atom. The molecular weight excluding hydrogens is 306 g/mol. The van der Waals surface area contributed by atoms with E-state index in [9.17, 15) is 14.7 Å². The predicted molar refractivity (Wildman–Crippen MR) is 93.2 cm³/mol. The summed E-state index contributed by atoms with van der Waals surface area (Å²) in [5.74, 6) is -0.387. The number of fused-ring (bicyclic) bond motifs is 1. The molecule has 0 spiro atoms. The Hall–Kier alpha value is -2.56. The molecule has 5 nitrogen and oxygen atoms in total. The zero-order chi connectivity index (χ0) is 17.7. The number of amides is 1. The monoisotopic (exact) mass is 329 g/mol. The van der Waals surface area contributed by atoms with E-state index < -0.39 is 12.0 Å². The second-order valence-electron chi connectivity index (χ2n) is 6.27. The number of hydrogen-bond acceptors (Lipinski definition) is 3. The minimum atomic E-state index is -1.00. The lowest BCUT2D eigenvalue weighted by molar-refractivity contribution is -0.142. The number of methoxy groups -OCH3 is 1. The second kappa shape index (κ2) is 7.81. The Kier molecular flexibility index (Phi) is 5.79. The number of hydrogen-bond donors (Lipinski definition) is 2. The topological polar surface area (TPSA) is 75.6 Å². The molecule has 0 radical (unpaired) electrons. The summed E-state index contributed by atoms with van der Waals surface area (Å²) in [6, 6.07) is 10.6. The van der Waals surface area contributed by atoms with Gasteiger partial charge in [0.1, 0.15) is 11.8 Å². The summed E-state index contributed by atoms with van der Waals surface area (Å²) < 4.78 is 5.24. The maximum Gasteiger partial charge on any atom is 0.326 e. The van der Waals surface area contributed by atoms with Crippen molar-refractivity contribution in [2.75, 3.05) is 7.11 Å². The van der Waals surface area contributed by atoms with Gasteiger partial charge in [-0.25, -0.2) is 4.79 Å². The van der Waals surface area contributed by atoms with Gasteiger partial charge in [0.2, 0.25) is 5.91 Å². The largest absolute Gasteiger partial charge is 0.497 e. The SMILES string of the molecule is COc1ccc2cccc(CC(=O)N[C@@H](CC(C)C)C(=O)O)c2c1. The van der Waals surface area contributed by atoms with Crippen LogP contribution in [0.15, 0.2) is 36.4 Å². The first-order chi connectivity index (χ1) is 11.4. The predicted octanol–water partition coefficient (Wildman–Crippen LogP) is 3.01. The first kappa shape index (κ1) is 17.8. The highest BCUT2D eigenvalue weighted by molar-refractivity contribution is 5.92. The van der Waals surface area contributed by atoms with Crippen molar-refractivity contribution >= 4 is 22.6 Å². The third-order valence-electron chi connectivity index (χ3n) is 3.87. The number of aliphatic carboxylic acids is 1. The lowest BCUT2D eigenvalue weighted by Crippen LogP contribution is -2.42. The van der Waals surface area contributed by atoms with Crippen LogP contribution in [0, 0.1) is 5.92 Å². The van der Waals surface area contributed by atoms with Gasteiger partial charge in [-0.15, -0.1) is 0 Å². The number of nitrogens with one attached hydrogen (secondary N) is 1. The van der Waals surface area contributed by atoms with Crippen LogP contribution in [0.2, 0.25) is 0 Å². The molecule has 0 aromatic heterocycles. The fourth-order valence-corrected chi connectivity index (χ4v) is 2.71. The molecule has 5 heteroatoms. The van der Waals surface area contributed by atoms with E-state index in [1.165, 1.54) is 0 Å². The van der Waals surface area contributed by atoms with Crippen LogP contribution < -0.4 is 10.1 Å². The number of carbonyl (C=O) groups excluding carboxylic acids is 1.